The third-order valence-electron chi connectivity index (χ3n) is 4.06. The van der Waals surface area contributed by atoms with Gasteiger partial charge in [-0.2, -0.15) is 0 Å². The highest BCUT2D eigenvalue weighted by molar-refractivity contribution is 7.15. The van der Waals surface area contributed by atoms with Gasteiger partial charge in [-0.15, -0.1) is 11.3 Å². The Morgan fingerprint density at radius 2 is 2.23 bits per heavy atom. The van der Waals surface area contributed by atoms with E-state index < -0.39 is 0 Å². The lowest BCUT2D eigenvalue weighted by Gasteiger charge is -2.14. The molecule has 0 N–H and O–H groups in total. The van der Waals surface area contributed by atoms with Crippen LogP contribution in [0, 0.1) is 0 Å². The molecule has 22 heavy (non-hydrogen) atoms. The van der Waals surface area contributed by atoms with E-state index in [0.717, 1.165) is 52.1 Å². The van der Waals surface area contributed by atoms with Crippen LogP contribution < -0.4 is 0 Å². The Kier molecular flexibility index (Phi) is 3.78. The number of hydrogen-bond donors (Lipinski definition) is 0. The number of fused-ring (bicyclic) bond motifs is 1. The number of hydrogen-bond acceptors (Lipinski definition) is 5. The van der Waals surface area contributed by atoms with Gasteiger partial charge in [0, 0.05) is 29.7 Å². The molecule has 0 aromatic carbocycles. The van der Waals surface area contributed by atoms with Crippen molar-refractivity contribution in [2.45, 2.75) is 18.9 Å². The maximum absolute atomic E-state index is 5.95. The lowest BCUT2D eigenvalue weighted by Crippen LogP contribution is -2.19. The van der Waals surface area contributed by atoms with Crippen LogP contribution in [0.4, 0.5) is 0 Å². The van der Waals surface area contributed by atoms with Crippen LogP contribution in [-0.2, 0) is 6.54 Å². The molecule has 3 aromatic heterocycles. The van der Waals surface area contributed by atoms with E-state index in [0.29, 0.717) is 5.92 Å². The minimum absolute atomic E-state index is 0.474. The highest BCUT2D eigenvalue weighted by Crippen LogP contribution is 2.29. The first-order valence-electron chi connectivity index (χ1n) is 7.32. The van der Waals surface area contributed by atoms with Crippen LogP contribution >= 0.6 is 22.9 Å². The molecule has 0 saturated carbocycles. The molecule has 0 spiro atoms. The Labute approximate surface area is 137 Å². The SMILES string of the molecule is Clc1cnc(CN2CC[C@@H](c3ccc4cccnc4n3)C2)s1. The Balaban J connectivity index is 1.49. The number of rotatable bonds is 3. The zero-order valence-electron chi connectivity index (χ0n) is 11.9. The molecule has 0 radical (unpaired) electrons. The van der Waals surface area contributed by atoms with Gasteiger partial charge >= 0.3 is 0 Å². The van der Waals surface area contributed by atoms with Crippen LogP contribution in [0.5, 0.6) is 0 Å². The van der Waals surface area contributed by atoms with Crippen molar-refractivity contribution in [3.8, 4) is 0 Å². The highest BCUT2D eigenvalue weighted by atomic mass is 35.5. The third-order valence-corrected chi connectivity index (χ3v) is 5.16. The molecule has 1 aliphatic heterocycles. The van der Waals surface area contributed by atoms with Crippen molar-refractivity contribution < 1.29 is 0 Å². The molecule has 4 rings (SSSR count). The van der Waals surface area contributed by atoms with Gasteiger partial charge in [0.25, 0.3) is 0 Å². The van der Waals surface area contributed by atoms with E-state index in [4.69, 9.17) is 16.6 Å². The van der Waals surface area contributed by atoms with Gasteiger partial charge in [0.2, 0.25) is 0 Å². The van der Waals surface area contributed by atoms with Gasteiger partial charge in [0.05, 0.1) is 12.7 Å². The summed E-state index contributed by atoms with van der Waals surface area (Å²) in [5.41, 5.74) is 1.98. The Hall–Kier alpha value is -1.56. The normalized spacial score (nSPS) is 19.0. The summed E-state index contributed by atoms with van der Waals surface area (Å²) in [6.07, 6.45) is 4.66. The molecular formula is C16H15ClN4S. The smallest absolute Gasteiger partial charge is 0.159 e. The van der Waals surface area contributed by atoms with Crippen molar-refractivity contribution in [1.29, 1.82) is 0 Å². The Morgan fingerprint density at radius 3 is 3.09 bits per heavy atom. The minimum atomic E-state index is 0.474. The van der Waals surface area contributed by atoms with Crippen LogP contribution in [0.15, 0.2) is 36.7 Å². The number of pyridine rings is 2. The summed E-state index contributed by atoms with van der Waals surface area (Å²) in [6, 6.07) is 8.25. The van der Waals surface area contributed by atoms with Crippen LogP contribution in [0.1, 0.15) is 23.0 Å². The lowest BCUT2D eigenvalue weighted by molar-refractivity contribution is 0.326. The number of nitrogens with zero attached hydrogens (tertiary/aromatic N) is 4. The van der Waals surface area contributed by atoms with Gasteiger partial charge in [0.15, 0.2) is 5.65 Å². The van der Waals surface area contributed by atoms with E-state index in [9.17, 15) is 0 Å². The molecule has 4 heterocycles. The zero-order valence-corrected chi connectivity index (χ0v) is 13.5. The van der Waals surface area contributed by atoms with Crippen LogP contribution in [0.3, 0.4) is 0 Å². The summed E-state index contributed by atoms with van der Waals surface area (Å²) >= 11 is 7.51. The molecule has 3 aromatic rings. The number of halogens is 1. The number of likely N-dealkylation sites (tertiary alicyclic amines) is 1. The van der Waals surface area contributed by atoms with Gasteiger partial charge in [0.1, 0.15) is 9.34 Å². The average Bonchev–Trinajstić information content (AvgIpc) is 3.16. The largest absolute Gasteiger partial charge is 0.296 e. The summed E-state index contributed by atoms with van der Waals surface area (Å²) in [4.78, 5) is 15.8. The minimum Gasteiger partial charge on any atom is -0.296 e. The van der Waals surface area contributed by atoms with E-state index in [-0.39, 0.29) is 0 Å². The Morgan fingerprint density at radius 1 is 1.27 bits per heavy atom. The molecule has 1 saturated heterocycles. The monoisotopic (exact) mass is 330 g/mol. The first kappa shape index (κ1) is 14.1. The second kappa shape index (κ2) is 5.91. The molecule has 112 valence electrons. The first-order valence-corrected chi connectivity index (χ1v) is 8.51. The van der Waals surface area contributed by atoms with Gasteiger partial charge in [-0.25, -0.2) is 15.0 Å². The van der Waals surface area contributed by atoms with Crippen LogP contribution in [0.25, 0.3) is 11.0 Å². The maximum Gasteiger partial charge on any atom is 0.159 e. The van der Waals surface area contributed by atoms with E-state index in [1.165, 1.54) is 0 Å². The maximum atomic E-state index is 5.95. The summed E-state index contributed by atoms with van der Waals surface area (Å²) < 4.78 is 0.757. The number of thiazole rings is 1. The van der Waals surface area contributed by atoms with Crippen molar-refractivity contribution >= 4 is 34.0 Å². The van der Waals surface area contributed by atoms with Gasteiger partial charge < -0.3 is 0 Å². The molecule has 0 aliphatic carbocycles. The van der Waals surface area contributed by atoms with Crippen molar-refractivity contribution in [1.82, 2.24) is 19.9 Å². The van der Waals surface area contributed by atoms with E-state index in [2.05, 4.69) is 27.0 Å². The van der Waals surface area contributed by atoms with Crippen molar-refractivity contribution in [2.75, 3.05) is 13.1 Å². The second-order valence-corrected chi connectivity index (χ2v) is 7.31. The molecular weight excluding hydrogens is 316 g/mol. The van der Waals surface area contributed by atoms with Crippen molar-refractivity contribution in [3.63, 3.8) is 0 Å². The van der Waals surface area contributed by atoms with Gasteiger partial charge in [-0.05, 0) is 37.2 Å². The third kappa shape index (κ3) is 2.84. The van der Waals surface area contributed by atoms with Crippen LogP contribution in [-0.4, -0.2) is 32.9 Å². The number of aromatic nitrogens is 3. The topological polar surface area (TPSA) is 41.9 Å². The fraction of sp³-hybridized carbons (Fsp3) is 0.312. The average molecular weight is 331 g/mol. The lowest BCUT2D eigenvalue weighted by atomic mass is 10.0. The molecule has 0 unspecified atom stereocenters. The fourth-order valence-corrected chi connectivity index (χ4v) is 3.96. The van der Waals surface area contributed by atoms with Gasteiger partial charge in [-0.1, -0.05) is 11.6 Å². The molecule has 6 heteroatoms. The summed E-state index contributed by atoms with van der Waals surface area (Å²) in [5.74, 6) is 0.474. The van der Waals surface area contributed by atoms with Crippen LogP contribution in [0.2, 0.25) is 4.34 Å². The molecule has 0 amide bonds. The highest BCUT2D eigenvalue weighted by Gasteiger charge is 2.25. The van der Waals surface area contributed by atoms with E-state index >= 15 is 0 Å². The molecule has 1 atom stereocenters. The predicted octanol–water partition coefficient (Wildman–Crippen LogP) is 3.73. The van der Waals surface area contributed by atoms with Gasteiger partial charge in [-0.3, -0.25) is 4.90 Å². The van der Waals surface area contributed by atoms with E-state index in [1.54, 1.807) is 23.7 Å². The molecule has 4 nitrogen and oxygen atoms in total. The zero-order chi connectivity index (χ0) is 14.9. The quantitative estimate of drug-likeness (QED) is 0.734. The summed E-state index contributed by atoms with van der Waals surface area (Å²) in [7, 11) is 0. The molecule has 1 aliphatic rings. The van der Waals surface area contributed by atoms with Crippen molar-refractivity contribution in [3.05, 3.63) is 51.7 Å². The molecule has 0 bridgehead atoms. The van der Waals surface area contributed by atoms with E-state index in [1.807, 2.05) is 12.1 Å². The summed E-state index contributed by atoms with van der Waals surface area (Å²) in [6.45, 7) is 2.96. The fourth-order valence-electron chi connectivity index (χ4n) is 2.97. The first-order chi connectivity index (χ1) is 10.8. The molecule has 1 fully saturated rings. The second-order valence-electron chi connectivity index (χ2n) is 5.57. The predicted molar refractivity (Wildman–Crippen MR) is 89.3 cm³/mol. The summed E-state index contributed by atoms with van der Waals surface area (Å²) in [5, 5.41) is 2.18. The Bertz CT molecular complexity index is 803. The van der Waals surface area contributed by atoms with Crippen molar-refractivity contribution in [2.24, 2.45) is 0 Å². The standard InChI is InChI=1S/C16H15ClN4S/c17-14-8-19-15(22-14)10-21-7-5-12(9-21)13-4-3-11-2-1-6-18-16(11)20-13/h1-4,6,8,12H,5,7,9-10H2/t12-/m1/s1.